The van der Waals surface area contributed by atoms with E-state index in [-0.39, 0.29) is 22.5 Å². The molecule has 146 valence electrons. The van der Waals surface area contributed by atoms with Crippen LogP contribution in [0.5, 0.6) is 0 Å². The predicted molar refractivity (Wildman–Crippen MR) is 100 cm³/mol. The lowest BCUT2D eigenvalue weighted by molar-refractivity contribution is -0.188. The summed E-state index contributed by atoms with van der Waals surface area (Å²) in [6.07, 6.45) is 10.8. The number of halogens is 1. The van der Waals surface area contributed by atoms with E-state index in [2.05, 4.69) is 26.8 Å². The first-order valence-electron chi connectivity index (χ1n) is 11.0. The van der Waals surface area contributed by atoms with Gasteiger partial charge in [0.05, 0.1) is 13.2 Å². The normalized spacial score (nSPS) is 52.8. The Kier molecular flexibility index (Phi) is 3.94. The molecule has 3 heteroatoms. The molecule has 4 fully saturated rings. The molecule has 1 spiro atoms. The van der Waals surface area contributed by atoms with Gasteiger partial charge in [0.25, 0.3) is 0 Å². The molecule has 1 aliphatic heterocycles. The van der Waals surface area contributed by atoms with E-state index in [0.717, 1.165) is 51.2 Å². The Hall–Kier alpha value is -0.410. The van der Waals surface area contributed by atoms with E-state index < -0.39 is 6.17 Å². The van der Waals surface area contributed by atoms with Gasteiger partial charge in [-0.25, -0.2) is 4.39 Å². The Balaban J connectivity index is 1.45. The molecule has 0 amide bonds. The van der Waals surface area contributed by atoms with E-state index in [1.54, 1.807) is 5.57 Å². The molecule has 26 heavy (non-hydrogen) atoms. The van der Waals surface area contributed by atoms with Gasteiger partial charge in [0.2, 0.25) is 0 Å². The maximum atomic E-state index is 15.2. The SMILES string of the molecule is CC1CCC2C3CC=C4CC5(CC[C@]4(C)C3CC[C@]2(C)[C@H]1F)OCCO5. The van der Waals surface area contributed by atoms with Crippen molar-refractivity contribution in [1.29, 1.82) is 0 Å². The van der Waals surface area contributed by atoms with E-state index in [1.807, 2.05) is 0 Å². The topological polar surface area (TPSA) is 18.5 Å². The van der Waals surface area contributed by atoms with Crippen LogP contribution in [0.25, 0.3) is 0 Å². The largest absolute Gasteiger partial charge is 0.347 e. The summed E-state index contributed by atoms with van der Waals surface area (Å²) in [5.41, 5.74) is 1.77. The second kappa shape index (κ2) is 5.80. The van der Waals surface area contributed by atoms with Crippen molar-refractivity contribution in [2.24, 2.45) is 34.5 Å². The second-order valence-corrected chi connectivity index (χ2v) is 10.5. The summed E-state index contributed by atoms with van der Waals surface area (Å²) in [5.74, 6) is 1.87. The molecule has 5 aliphatic rings. The van der Waals surface area contributed by atoms with Crippen LogP contribution >= 0.6 is 0 Å². The van der Waals surface area contributed by atoms with Gasteiger partial charge in [0, 0.05) is 18.3 Å². The molecule has 5 rings (SSSR count). The highest BCUT2D eigenvalue weighted by molar-refractivity contribution is 5.26. The van der Waals surface area contributed by atoms with Crippen molar-refractivity contribution in [3.63, 3.8) is 0 Å². The first kappa shape index (κ1) is 17.7. The van der Waals surface area contributed by atoms with Gasteiger partial charge >= 0.3 is 0 Å². The van der Waals surface area contributed by atoms with Crippen LogP contribution in [-0.2, 0) is 9.47 Å². The predicted octanol–water partition coefficient (Wildman–Crippen LogP) is 5.67. The molecule has 1 saturated heterocycles. The fraction of sp³-hybridized carbons (Fsp3) is 0.913. The molecule has 0 N–H and O–H groups in total. The Morgan fingerprint density at radius 1 is 1.00 bits per heavy atom. The molecular formula is C23H35FO2. The number of allylic oxidation sites excluding steroid dienone is 1. The van der Waals surface area contributed by atoms with Crippen molar-refractivity contribution < 1.29 is 13.9 Å². The summed E-state index contributed by atoms with van der Waals surface area (Å²) in [4.78, 5) is 0. The van der Waals surface area contributed by atoms with Gasteiger partial charge in [-0.1, -0.05) is 32.4 Å². The van der Waals surface area contributed by atoms with E-state index >= 15 is 4.39 Å². The van der Waals surface area contributed by atoms with Crippen LogP contribution in [0.1, 0.15) is 72.1 Å². The highest BCUT2D eigenvalue weighted by Crippen LogP contribution is 2.65. The van der Waals surface area contributed by atoms with Crippen LogP contribution in [0.15, 0.2) is 11.6 Å². The molecule has 4 aliphatic carbocycles. The number of ether oxygens (including phenoxy) is 2. The molecule has 0 radical (unpaired) electrons. The van der Waals surface area contributed by atoms with E-state index in [4.69, 9.17) is 9.47 Å². The molecule has 2 nitrogen and oxygen atoms in total. The molecular weight excluding hydrogens is 327 g/mol. The van der Waals surface area contributed by atoms with Crippen molar-refractivity contribution in [2.75, 3.05) is 13.2 Å². The maximum absolute atomic E-state index is 15.2. The summed E-state index contributed by atoms with van der Waals surface area (Å²) >= 11 is 0. The van der Waals surface area contributed by atoms with Crippen LogP contribution in [0.3, 0.4) is 0 Å². The Morgan fingerprint density at radius 3 is 2.54 bits per heavy atom. The zero-order valence-electron chi connectivity index (χ0n) is 16.7. The second-order valence-electron chi connectivity index (χ2n) is 10.5. The van der Waals surface area contributed by atoms with Gasteiger partial charge in [-0.05, 0) is 67.6 Å². The van der Waals surface area contributed by atoms with Crippen molar-refractivity contribution in [3.8, 4) is 0 Å². The maximum Gasteiger partial charge on any atom is 0.172 e. The first-order chi connectivity index (χ1) is 12.4. The fourth-order valence-corrected chi connectivity index (χ4v) is 7.82. The smallest absolute Gasteiger partial charge is 0.172 e. The van der Waals surface area contributed by atoms with Gasteiger partial charge < -0.3 is 9.47 Å². The zero-order chi connectivity index (χ0) is 18.2. The van der Waals surface area contributed by atoms with Crippen molar-refractivity contribution in [2.45, 2.75) is 84.1 Å². The first-order valence-corrected chi connectivity index (χ1v) is 11.0. The lowest BCUT2D eigenvalue weighted by Gasteiger charge is -2.61. The number of rotatable bonds is 0. The fourth-order valence-electron chi connectivity index (χ4n) is 7.82. The van der Waals surface area contributed by atoms with E-state index in [1.165, 1.54) is 19.3 Å². The number of hydrogen-bond acceptors (Lipinski definition) is 2. The molecule has 3 saturated carbocycles. The third-order valence-corrected chi connectivity index (χ3v) is 9.42. The van der Waals surface area contributed by atoms with Crippen molar-refractivity contribution in [3.05, 3.63) is 11.6 Å². The minimum atomic E-state index is -0.615. The molecule has 0 bridgehead atoms. The van der Waals surface area contributed by atoms with Crippen LogP contribution < -0.4 is 0 Å². The highest BCUT2D eigenvalue weighted by atomic mass is 19.1. The van der Waals surface area contributed by atoms with Crippen molar-refractivity contribution >= 4 is 0 Å². The summed E-state index contributed by atoms with van der Waals surface area (Å²) in [6, 6.07) is 0. The number of fused-ring (bicyclic) bond motifs is 5. The number of alkyl halides is 1. The quantitative estimate of drug-likeness (QED) is 0.517. The minimum absolute atomic E-state index is 0.0892. The Bertz CT molecular complexity index is 609. The van der Waals surface area contributed by atoms with Gasteiger partial charge in [0.1, 0.15) is 6.17 Å². The Morgan fingerprint density at radius 2 is 1.77 bits per heavy atom. The Labute approximate surface area is 157 Å². The lowest BCUT2D eigenvalue weighted by Crippen LogP contribution is -2.56. The van der Waals surface area contributed by atoms with Crippen LogP contribution in [0.2, 0.25) is 0 Å². The van der Waals surface area contributed by atoms with Crippen molar-refractivity contribution in [1.82, 2.24) is 0 Å². The summed E-state index contributed by atoms with van der Waals surface area (Å²) in [5, 5.41) is 0. The van der Waals surface area contributed by atoms with E-state index in [0.29, 0.717) is 11.8 Å². The van der Waals surface area contributed by atoms with Gasteiger partial charge in [-0.15, -0.1) is 0 Å². The molecule has 0 aromatic carbocycles. The average Bonchev–Trinajstić information content (AvgIpc) is 3.08. The molecule has 4 unspecified atom stereocenters. The lowest BCUT2D eigenvalue weighted by atomic mass is 9.44. The highest BCUT2D eigenvalue weighted by Gasteiger charge is 2.60. The summed E-state index contributed by atoms with van der Waals surface area (Å²) in [6.45, 7) is 8.38. The summed E-state index contributed by atoms with van der Waals surface area (Å²) in [7, 11) is 0. The van der Waals surface area contributed by atoms with Crippen LogP contribution in [0.4, 0.5) is 4.39 Å². The van der Waals surface area contributed by atoms with Gasteiger partial charge in [-0.3, -0.25) is 0 Å². The molecule has 7 atom stereocenters. The standard InChI is InChI=1S/C23H35FO2/c1-15-4-7-18-17-6-5-16-14-23(25-12-13-26-23)11-10-21(16,2)19(17)8-9-22(18,3)20(15)24/h5,15,17-20H,4,6-14H2,1-3H3/t15?,17?,18?,19?,20-,21-,22-/m0/s1. The molecule has 1 heterocycles. The third kappa shape index (κ3) is 2.28. The third-order valence-electron chi connectivity index (χ3n) is 9.42. The monoisotopic (exact) mass is 362 g/mol. The summed E-state index contributed by atoms with van der Waals surface area (Å²) < 4.78 is 27.3. The van der Waals surface area contributed by atoms with Crippen LogP contribution in [-0.4, -0.2) is 25.2 Å². The minimum Gasteiger partial charge on any atom is -0.347 e. The van der Waals surface area contributed by atoms with Crippen LogP contribution in [0, 0.1) is 34.5 Å². The van der Waals surface area contributed by atoms with E-state index in [9.17, 15) is 0 Å². The van der Waals surface area contributed by atoms with Gasteiger partial charge in [0.15, 0.2) is 5.79 Å². The van der Waals surface area contributed by atoms with Gasteiger partial charge in [-0.2, -0.15) is 0 Å². The average molecular weight is 363 g/mol. The molecule has 0 aromatic heterocycles. The zero-order valence-corrected chi connectivity index (χ0v) is 16.7. The molecule has 0 aromatic rings. The number of hydrogen-bond donors (Lipinski definition) is 0.